The molecule has 0 spiro atoms. The molecule has 0 aliphatic carbocycles. The number of aromatic nitrogens is 1. The van der Waals surface area contributed by atoms with Gasteiger partial charge in [0.25, 0.3) is 0 Å². The summed E-state index contributed by atoms with van der Waals surface area (Å²) in [6, 6.07) is 3.69. The van der Waals surface area contributed by atoms with E-state index >= 15 is 0 Å². The monoisotopic (exact) mass is 213 g/mol. The van der Waals surface area contributed by atoms with Crippen LogP contribution < -0.4 is 0 Å². The fraction of sp³-hybridized carbons (Fsp3) is 0.500. The van der Waals surface area contributed by atoms with Crippen LogP contribution in [0, 0.1) is 0 Å². The molecule has 0 fully saturated rings. The van der Waals surface area contributed by atoms with Crippen LogP contribution >= 0.6 is 11.8 Å². The number of pyridine rings is 1. The summed E-state index contributed by atoms with van der Waals surface area (Å²) in [6.45, 7) is 1.93. The van der Waals surface area contributed by atoms with Gasteiger partial charge in [-0.1, -0.05) is 6.07 Å². The van der Waals surface area contributed by atoms with Crippen molar-refractivity contribution in [1.29, 1.82) is 0 Å². The summed E-state index contributed by atoms with van der Waals surface area (Å²) in [5.74, 6) is 0.827. The van der Waals surface area contributed by atoms with E-state index in [-0.39, 0.29) is 6.61 Å². The molecule has 14 heavy (non-hydrogen) atoms. The van der Waals surface area contributed by atoms with Crippen molar-refractivity contribution in [3.8, 4) is 0 Å². The zero-order valence-corrected chi connectivity index (χ0v) is 9.00. The number of aliphatic hydroxyl groups is 2. The van der Waals surface area contributed by atoms with Crippen molar-refractivity contribution in [2.75, 3.05) is 12.4 Å². The van der Waals surface area contributed by atoms with E-state index in [2.05, 4.69) is 4.98 Å². The highest BCUT2D eigenvalue weighted by molar-refractivity contribution is 7.99. The van der Waals surface area contributed by atoms with Gasteiger partial charge in [-0.25, -0.2) is 4.98 Å². The van der Waals surface area contributed by atoms with Crippen LogP contribution in [0.4, 0.5) is 0 Å². The Balaban J connectivity index is 2.64. The Labute approximate surface area is 88.2 Å². The number of rotatable bonds is 5. The normalized spacial score (nSPS) is 12.8. The standard InChI is InChI=1S/C10H15NO2S/c1-8(13)9-4-2-5-11-10(9)14-7-3-6-12/h2,4-5,8,12-13H,3,6-7H2,1H3. The summed E-state index contributed by atoms with van der Waals surface area (Å²) in [7, 11) is 0. The van der Waals surface area contributed by atoms with Crippen LogP contribution in [-0.2, 0) is 0 Å². The highest BCUT2D eigenvalue weighted by Crippen LogP contribution is 2.25. The number of nitrogens with zero attached hydrogens (tertiary/aromatic N) is 1. The second-order valence-electron chi connectivity index (χ2n) is 3.00. The van der Waals surface area contributed by atoms with Gasteiger partial charge < -0.3 is 10.2 Å². The predicted octanol–water partition coefficient (Wildman–Crippen LogP) is 1.61. The molecule has 1 unspecified atom stereocenters. The summed E-state index contributed by atoms with van der Waals surface area (Å²) in [5, 5.41) is 19.0. The second-order valence-corrected chi connectivity index (χ2v) is 4.08. The van der Waals surface area contributed by atoms with E-state index in [4.69, 9.17) is 5.11 Å². The molecule has 1 atom stereocenters. The largest absolute Gasteiger partial charge is 0.396 e. The van der Waals surface area contributed by atoms with E-state index in [1.54, 1.807) is 24.9 Å². The summed E-state index contributed by atoms with van der Waals surface area (Å²) in [5.41, 5.74) is 0.857. The van der Waals surface area contributed by atoms with Crippen molar-refractivity contribution < 1.29 is 10.2 Å². The van der Waals surface area contributed by atoms with E-state index in [1.165, 1.54) is 0 Å². The summed E-state index contributed by atoms with van der Waals surface area (Å²) >= 11 is 1.57. The van der Waals surface area contributed by atoms with Crippen molar-refractivity contribution in [3.05, 3.63) is 23.9 Å². The molecule has 1 rings (SSSR count). The molecule has 1 heterocycles. The zero-order valence-electron chi connectivity index (χ0n) is 8.18. The first-order valence-electron chi connectivity index (χ1n) is 4.62. The maximum atomic E-state index is 9.46. The third-order valence-corrected chi connectivity index (χ3v) is 2.90. The smallest absolute Gasteiger partial charge is 0.102 e. The van der Waals surface area contributed by atoms with E-state index in [1.807, 2.05) is 12.1 Å². The maximum absolute atomic E-state index is 9.46. The molecular formula is C10H15NO2S. The zero-order chi connectivity index (χ0) is 10.4. The molecule has 78 valence electrons. The van der Waals surface area contributed by atoms with Gasteiger partial charge in [0.05, 0.1) is 6.10 Å². The Kier molecular flexibility index (Phi) is 4.93. The highest BCUT2D eigenvalue weighted by Gasteiger charge is 2.08. The summed E-state index contributed by atoms with van der Waals surface area (Å²) in [4.78, 5) is 4.19. The lowest BCUT2D eigenvalue weighted by Gasteiger charge is -2.09. The molecule has 0 amide bonds. The van der Waals surface area contributed by atoms with E-state index in [0.29, 0.717) is 0 Å². The van der Waals surface area contributed by atoms with Gasteiger partial charge in [-0.15, -0.1) is 11.8 Å². The van der Waals surface area contributed by atoms with Gasteiger partial charge in [0.15, 0.2) is 0 Å². The molecule has 1 aromatic heterocycles. The number of thioether (sulfide) groups is 1. The average molecular weight is 213 g/mol. The minimum Gasteiger partial charge on any atom is -0.396 e. The van der Waals surface area contributed by atoms with Gasteiger partial charge in [-0.3, -0.25) is 0 Å². The number of aliphatic hydroxyl groups excluding tert-OH is 2. The Morgan fingerprint density at radius 2 is 2.36 bits per heavy atom. The lowest BCUT2D eigenvalue weighted by atomic mass is 10.2. The van der Waals surface area contributed by atoms with Crippen LogP contribution in [0.15, 0.2) is 23.4 Å². The first-order valence-corrected chi connectivity index (χ1v) is 5.61. The Hall–Kier alpha value is -0.580. The van der Waals surface area contributed by atoms with Crippen LogP contribution in [0.1, 0.15) is 25.0 Å². The third-order valence-electron chi connectivity index (χ3n) is 1.79. The van der Waals surface area contributed by atoms with E-state index in [9.17, 15) is 5.11 Å². The molecule has 0 bridgehead atoms. The predicted molar refractivity (Wildman–Crippen MR) is 57.3 cm³/mol. The lowest BCUT2D eigenvalue weighted by molar-refractivity contribution is 0.195. The third kappa shape index (κ3) is 3.29. The molecule has 0 saturated carbocycles. The van der Waals surface area contributed by atoms with Crippen molar-refractivity contribution in [1.82, 2.24) is 4.98 Å². The molecule has 0 aliphatic heterocycles. The van der Waals surface area contributed by atoms with E-state index < -0.39 is 6.10 Å². The number of hydrogen-bond acceptors (Lipinski definition) is 4. The topological polar surface area (TPSA) is 53.4 Å². The maximum Gasteiger partial charge on any atom is 0.102 e. The van der Waals surface area contributed by atoms with Crippen LogP contribution in [0.5, 0.6) is 0 Å². The van der Waals surface area contributed by atoms with Crippen LogP contribution in [-0.4, -0.2) is 27.6 Å². The van der Waals surface area contributed by atoms with Gasteiger partial charge in [-0.2, -0.15) is 0 Å². The molecule has 0 aliphatic rings. The number of hydrogen-bond donors (Lipinski definition) is 2. The van der Waals surface area contributed by atoms with Crippen molar-refractivity contribution >= 4 is 11.8 Å². The van der Waals surface area contributed by atoms with Crippen molar-refractivity contribution in [3.63, 3.8) is 0 Å². The minimum absolute atomic E-state index is 0.198. The Morgan fingerprint density at radius 3 is 3.00 bits per heavy atom. The van der Waals surface area contributed by atoms with E-state index in [0.717, 1.165) is 22.8 Å². The van der Waals surface area contributed by atoms with Crippen molar-refractivity contribution in [2.45, 2.75) is 24.5 Å². The molecular weight excluding hydrogens is 198 g/mol. The summed E-state index contributed by atoms with van der Waals surface area (Å²) in [6.07, 6.45) is 1.98. The van der Waals surface area contributed by atoms with Gasteiger partial charge in [0.1, 0.15) is 5.03 Å². The van der Waals surface area contributed by atoms with Gasteiger partial charge in [-0.05, 0) is 19.4 Å². The fourth-order valence-corrected chi connectivity index (χ4v) is 2.08. The Bertz CT molecular complexity index is 279. The first kappa shape index (κ1) is 11.5. The average Bonchev–Trinajstić information content (AvgIpc) is 2.19. The molecule has 2 N–H and O–H groups in total. The Morgan fingerprint density at radius 1 is 1.57 bits per heavy atom. The molecule has 0 saturated heterocycles. The van der Waals surface area contributed by atoms with Crippen molar-refractivity contribution in [2.24, 2.45) is 0 Å². The summed E-state index contributed by atoms with van der Waals surface area (Å²) < 4.78 is 0. The van der Waals surface area contributed by atoms with Crippen LogP contribution in [0.2, 0.25) is 0 Å². The lowest BCUT2D eigenvalue weighted by Crippen LogP contribution is -1.97. The molecule has 0 radical (unpaired) electrons. The highest BCUT2D eigenvalue weighted by atomic mass is 32.2. The fourth-order valence-electron chi connectivity index (χ4n) is 1.08. The van der Waals surface area contributed by atoms with Crippen LogP contribution in [0.25, 0.3) is 0 Å². The molecule has 3 nitrogen and oxygen atoms in total. The second kappa shape index (κ2) is 6.01. The van der Waals surface area contributed by atoms with Gasteiger partial charge in [0.2, 0.25) is 0 Å². The van der Waals surface area contributed by atoms with Gasteiger partial charge >= 0.3 is 0 Å². The van der Waals surface area contributed by atoms with Gasteiger partial charge in [0, 0.05) is 24.1 Å². The first-order chi connectivity index (χ1) is 6.75. The molecule has 0 aromatic carbocycles. The molecule has 1 aromatic rings. The SMILES string of the molecule is CC(O)c1cccnc1SCCCO. The quantitative estimate of drug-likeness (QED) is 0.576. The van der Waals surface area contributed by atoms with Crippen LogP contribution in [0.3, 0.4) is 0 Å². The minimum atomic E-state index is -0.486. The molecule has 4 heteroatoms.